The highest BCUT2D eigenvalue weighted by Crippen LogP contribution is 2.27. The van der Waals surface area contributed by atoms with Crippen LogP contribution in [0.5, 0.6) is 11.5 Å². The van der Waals surface area contributed by atoms with Crippen molar-refractivity contribution in [1.82, 2.24) is 5.32 Å². The van der Waals surface area contributed by atoms with Crippen molar-refractivity contribution in [2.24, 2.45) is 0 Å². The van der Waals surface area contributed by atoms with Gasteiger partial charge in [0.2, 0.25) is 0 Å². The highest BCUT2D eigenvalue weighted by molar-refractivity contribution is 6.39. The van der Waals surface area contributed by atoms with Crippen LogP contribution in [0.2, 0.25) is 0 Å². The van der Waals surface area contributed by atoms with E-state index in [9.17, 15) is 19.2 Å². The van der Waals surface area contributed by atoms with Crippen molar-refractivity contribution in [2.45, 2.75) is 20.0 Å². The number of amides is 4. The van der Waals surface area contributed by atoms with Gasteiger partial charge in [-0.2, -0.15) is 0 Å². The quantitative estimate of drug-likeness (QED) is 0.517. The van der Waals surface area contributed by atoms with E-state index in [0.717, 1.165) is 4.90 Å². The Morgan fingerprint density at radius 2 is 1.90 bits per heavy atom. The number of carbonyl (C=O) groups is 4. The van der Waals surface area contributed by atoms with Crippen LogP contribution >= 0.6 is 0 Å². The molecule has 31 heavy (non-hydrogen) atoms. The number of carboxylic acid groups (broad SMARTS) is 1. The maximum Gasteiger partial charge on any atom is 0.344 e. The Balaban J connectivity index is 1.99. The van der Waals surface area contributed by atoms with Gasteiger partial charge in [-0.15, -0.1) is 0 Å². The topological polar surface area (TPSA) is 122 Å². The van der Waals surface area contributed by atoms with Crippen molar-refractivity contribution in [1.29, 1.82) is 0 Å². The third-order valence-electron chi connectivity index (χ3n) is 4.36. The van der Waals surface area contributed by atoms with Crippen LogP contribution in [-0.4, -0.2) is 41.6 Å². The molecule has 0 radical (unpaired) electrons. The van der Waals surface area contributed by atoms with Crippen molar-refractivity contribution in [3.8, 4) is 11.5 Å². The molecule has 160 valence electrons. The third kappa shape index (κ3) is 4.72. The SMILES string of the molecule is CCOc1cccc(N2C(=O)NC(=O)/C(=C\c3ccccc3O[C@H](C)C(=O)O)C2=O)c1. The Kier molecular flexibility index (Phi) is 6.35. The van der Waals surface area contributed by atoms with Crippen LogP contribution in [0.25, 0.3) is 6.08 Å². The maximum absolute atomic E-state index is 13.1. The van der Waals surface area contributed by atoms with E-state index >= 15 is 0 Å². The molecule has 9 nitrogen and oxygen atoms in total. The first kappa shape index (κ1) is 21.6. The molecule has 1 saturated heterocycles. The number of para-hydroxylation sites is 1. The summed E-state index contributed by atoms with van der Waals surface area (Å²) < 4.78 is 10.8. The van der Waals surface area contributed by atoms with Crippen molar-refractivity contribution in [3.63, 3.8) is 0 Å². The highest BCUT2D eigenvalue weighted by atomic mass is 16.5. The molecular formula is C22H20N2O7. The number of anilines is 1. The van der Waals surface area contributed by atoms with Crippen LogP contribution in [0, 0.1) is 0 Å². The summed E-state index contributed by atoms with van der Waals surface area (Å²) in [4.78, 5) is 49.8. The molecule has 2 aromatic carbocycles. The van der Waals surface area contributed by atoms with Gasteiger partial charge >= 0.3 is 12.0 Å². The summed E-state index contributed by atoms with van der Waals surface area (Å²) in [7, 11) is 0. The molecule has 0 unspecified atom stereocenters. The van der Waals surface area contributed by atoms with Gasteiger partial charge < -0.3 is 14.6 Å². The van der Waals surface area contributed by atoms with Crippen LogP contribution in [0.15, 0.2) is 54.1 Å². The fourth-order valence-corrected chi connectivity index (χ4v) is 2.87. The monoisotopic (exact) mass is 424 g/mol. The second-order valence-corrected chi connectivity index (χ2v) is 6.52. The van der Waals surface area contributed by atoms with Gasteiger partial charge in [0.05, 0.1) is 12.3 Å². The van der Waals surface area contributed by atoms with Crippen molar-refractivity contribution < 1.29 is 33.8 Å². The summed E-state index contributed by atoms with van der Waals surface area (Å²) in [5.74, 6) is -2.23. The van der Waals surface area contributed by atoms with E-state index in [1.54, 1.807) is 43.3 Å². The van der Waals surface area contributed by atoms with E-state index in [1.165, 1.54) is 25.1 Å². The minimum Gasteiger partial charge on any atom is -0.494 e. The summed E-state index contributed by atoms with van der Waals surface area (Å²) in [6, 6.07) is 11.8. The lowest BCUT2D eigenvalue weighted by molar-refractivity contribution is -0.144. The summed E-state index contributed by atoms with van der Waals surface area (Å²) in [5, 5.41) is 11.2. The number of carbonyl (C=O) groups excluding carboxylic acids is 3. The van der Waals surface area contributed by atoms with Gasteiger partial charge in [0, 0.05) is 11.6 Å². The Morgan fingerprint density at radius 3 is 2.61 bits per heavy atom. The van der Waals surface area contributed by atoms with Crippen LogP contribution in [0.1, 0.15) is 19.4 Å². The van der Waals surface area contributed by atoms with Gasteiger partial charge in [-0.3, -0.25) is 14.9 Å². The number of hydrogen-bond donors (Lipinski definition) is 2. The zero-order chi connectivity index (χ0) is 22.5. The first-order valence-electron chi connectivity index (χ1n) is 9.44. The number of benzene rings is 2. The number of barbiturate groups is 1. The number of ether oxygens (including phenoxy) is 2. The predicted molar refractivity (Wildman–Crippen MR) is 111 cm³/mol. The number of rotatable bonds is 7. The largest absolute Gasteiger partial charge is 0.494 e. The smallest absolute Gasteiger partial charge is 0.344 e. The molecular weight excluding hydrogens is 404 g/mol. The molecule has 0 aromatic heterocycles. The Labute approximate surface area is 177 Å². The molecule has 0 aliphatic carbocycles. The molecule has 0 bridgehead atoms. The number of imide groups is 2. The van der Waals surface area contributed by atoms with Gasteiger partial charge in [0.25, 0.3) is 11.8 Å². The van der Waals surface area contributed by atoms with E-state index in [-0.39, 0.29) is 17.0 Å². The van der Waals surface area contributed by atoms with E-state index < -0.39 is 29.9 Å². The molecule has 1 fully saturated rings. The van der Waals surface area contributed by atoms with E-state index in [0.29, 0.717) is 17.9 Å². The summed E-state index contributed by atoms with van der Waals surface area (Å²) in [6.07, 6.45) is 0.114. The van der Waals surface area contributed by atoms with Crippen molar-refractivity contribution >= 4 is 35.6 Å². The van der Waals surface area contributed by atoms with Crippen molar-refractivity contribution in [2.75, 3.05) is 11.5 Å². The molecule has 9 heteroatoms. The molecule has 1 atom stereocenters. The number of nitrogens with one attached hydrogen (secondary N) is 1. The van der Waals surface area contributed by atoms with Gasteiger partial charge in [-0.05, 0) is 38.1 Å². The van der Waals surface area contributed by atoms with Gasteiger partial charge in [0.1, 0.15) is 17.1 Å². The molecule has 1 aliphatic rings. The van der Waals surface area contributed by atoms with Crippen LogP contribution in [-0.2, 0) is 14.4 Å². The first-order chi connectivity index (χ1) is 14.8. The minimum atomic E-state index is -1.17. The Bertz CT molecular complexity index is 1080. The minimum absolute atomic E-state index is 0.173. The lowest BCUT2D eigenvalue weighted by Gasteiger charge is -2.26. The summed E-state index contributed by atoms with van der Waals surface area (Å²) in [6.45, 7) is 3.56. The zero-order valence-electron chi connectivity index (χ0n) is 16.8. The number of carboxylic acids is 1. The normalized spacial score (nSPS) is 16.1. The summed E-state index contributed by atoms with van der Waals surface area (Å²) >= 11 is 0. The maximum atomic E-state index is 13.1. The van der Waals surface area contributed by atoms with E-state index in [1.807, 2.05) is 0 Å². The van der Waals surface area contributed by atoms with Crippen molar-refractivity contribution in [3.05, 3.63) is 59.7 Å². The predicted octanol–water partition coefficient (Wildman–Crippen LogP) is 2.60. The number of nitrogens with zero attached hydrogens (tertiary/aromatic N) is 1. The standard InChI is InChI=1S/C22H20N2O7/c1-3-30-16-9-6-8-15(12-16)24-20(26)17(19(25)23-22(24)29)11-14-7-4-5-10-18(14)31-13(2)21(27)28/h4-13H,3H2,1-2H3,(H,27,28)(H,23,25,29)/b17-11+/t13-/m1/s1. The molecule has 2 N–H and O–H groups in total. The Hall–Kier alpha value is -4.14. The third-order valence-corrected chi connectivity index (χ3v) is 4.36. The molecule has 1 heterocycles. The number of hydrogen-bond acceptors (Lipinski definition) is 6. The molecule has 2 aromatic rings. The lowest BCUT2D eigenvalue weighted by Crippen LogP contribution is -2.54. The molecule has 0 saturated carbocycles. The molecule has 4 amide bonds. The number of aliphatic carboxylic acids is 1. The Morgan fingerprint density at radius 1 is 1.16 bits per heavy atom. The van der Waals surface area contributed by atoms with E-state index in [2.05, 4.69) is 5.32 Å². The zero-order valence-corrected chi connectivity index (χ0v) is 16.8. The fraction of sp³-hybridized carbons (Fsp3) is 0.182. The van der Waals surface area contributed by atoms with Gasteiger partial charge in [0.15, 0.2) is 6.10 Å². The second-order valence-electron chi connectivity index (χ2n) is 6.52. The molecule has 0 spiro atoms. The summed E-state index contributed by atoms with van der Waals surface area (Å²) in [5.41, 5.74) is 0.239. The molecule has 3 rings (SSSR count). The van der Waals surface area contributed by atoms with E-state index in [4.69, 9.17) is 14.6 Å². The highest BCUT2D eigenvalue weighted by Gasteiger charge is 2.37. The fourth-order valence-electron chi connectivity index (χ4n) is 2.87. The van der Waals surface area contributed by atoms with Gasteiger partial charge in [-0.1, -0.05) is 24.3 Å². The van der Waals surface area contributed by atoms with Crippen LogP contribution in [0.4, 0.5) is 10.5 Å². The van der Waals surface area contributed by atoms with Gasteiger partial charge in [-0.25, -0.2) is 14.5 Å². The first-order valence-corrected chi connectivity index (χ1v) is 9.44. The molecule has 1 aliphatic heterocycles. The van der Waals surface area contributed by atoms with Crippen LogP contribution in [0.3, 0.4) is 0 Å². The number of urea groups is 1. The average Bonchev–Trinajstić information content (AvgIpc) is 2.72. The average molecular weight is 424 g/mol. The lowest BCUT2D eigenvalue weighted by atomic mass is 10.1. The van der Waals surface area contributed by atoms with Crippen LogP contribution < -0.4 is 19.7 Å². The second kappa shape index (κ2) is 9.12.